The van der Waals surface area contributed by atoms with Crippen LogP contribution in [0.2, 0.25) is 0 Å². The molecule has 5 nitrogen and oxygen atoms in total. The van der Waals surface area contributed by atoms with Crippen molar-refractivity contribution in [1.29, 1.82) is 0 Å². The first kappa shape index (κ1) is 26.9. The van der Waals surface area contributed by atoms with Gasteiger partial charge < -0.3 is 5.11 Å². The molecule has 2 aliphatic rings. The smallest absolute Gasteiger partial charge is 0.395 e. The van der Waals surface area contributed by atoms with E-state index in [1.165, 1.54) is 16.4 Å². The Bertz CT molecular complexity index is 1390. The van der Waals surface area contributed by atoms with Crippen LogP contribution in [0.15, 0.2) is 77.7 Å². The highest BCUT2D eigenvalue weighted by atomic mass is 32.2. The molecule has 0 aliphatic carbocycles. The molecule has 3 aromatic rings. The fraction of sp³-hybridized carbons (Fsp3) is 0.379. The van der Waals surface area contributed by atoms with Gasteiger partial charge in [0.25, 0.3) is 0 Å². The van der Waals surface area contributed by atoms with E-state index in [0.29, 0.717) is 19.4 Å². The number of aliphatic hydroxyl groups is 1. The van der Waals surface area contributed by atoms with Crippen molar-refractivity contribution in [3.8, 4) is 11.1 Å². The second-order valence-corrected chi connectivity index (χ2v) is 12.0. The second kappa shape index (κ2) is 10.4. The third-order valence-electron chi connectivity index (χ3n) is 7.79. The van der Waals surface area contributed by atoms with Crippen LogP contribution in [0.25, 0.3) is 11.1 Å². The molecule has 2 heterocycles. The Kier molecular flexibility index (Phi) is 7.39. The van der Waals surface area contributed by atoms with E-state index in [-0.39, 0.29) is 37.7 Å². The van der Waals surface area contributed by atoms with E-state index < -0.39 is 26.7 Å². The highest BCUT2D eigenvalue weighted by Gasteiger charge is 2.50. The van der Waals surface area contributed by atoms with Crippen molar-refractivity contribution >= 4 is 10.0 Å². The summed E-state index contributed by atoms with van der Waals surface area (Å²) in [6, 6.07) is 20.2. The average Bonchev–Trinajstić information content (AvgIpc) is 2.87. The zero-order chi connectivity index (χ0) is 27.1. The maximum atomic E-state index is 13.7. The zero-order valence-corrected chi connectivity index (χ0v) is 21.9. The number of benzene rings is 3. The molecule has 2 aliphatic heterocycles. The number of rotatable bonds is 5. The molecular weight excluding hydrogens is 513 g/mol. The molecule has 2 fully saturated rings. The number of halogens is 3. The molecule has 0 bridgehead atoms. The Hall–Kier alpha value is -2.72. The van der Waals surface area contributed by atoms with Crippen molar-refractivity contribution < 1.29 is 26.7 Å². The zero-order valence-electron chi connectivity index (χ0n) is 21.1. The second-order valence-electron chi connectivity index (χ2n) is 10.1. The van der Waals surface area contributed by atoms with Gasteiger partial charge in [-0.05, 0) is 55.1 Å². The lowest BCUT2D eigenvalue weighted by atomic mass is 9.74. The lowest BCUT2D eigenvalue weighted by Crippen LogP contribution is -2.67. The van der Waals surface area contributed by atoms with Gasteiger partial charge in [-0.2, -0.15) is 17.5 Å². The van der Waals surface area contributed by atoms with Crippen molar-refractivity contribution in [3.63, 3.8) is 0 Å². The number of fused-ring (bicyclic) bond motifs is 1. The first-order chi connectivity index (χ1) is 18.1. The van der Waals surface area contributed by atoms with Gasteiger partial charge in [-0.15, -0.1) is 0 Å². The summed E-state index contributed by atoms with van der Waals surface area (Å²) in [6.45, 7) is 2.89. The molecule has 202 valence electrons. The van der Waals surface area contributed by atoms with Crippen molar-refractivity contribution in [2.24, 2.45) is 0 Å². The molecule has 0 radical (unpaired) electrons. The maximum absolute atomic E-state index is 13.7. The third-order valence-corrected chi connectivity index (χ3v) is 9.71. The molecule has 9 heteroatoms. The highest BCUT2D eigenvalue weighted by Crippen LogP contribution is 2.43. The van der Waals surface area contributed by atoms with E-state index in [2.05, 4.69) is 11.0 Å². The lowest BCUT2D eigenvalue weighted by Gasteiger charge is -2.57. The lowest BCUT2D eigenvalue weighted by molar-refractivity contribution is -0.139. The van der Waals surface area contributed by atoms with Gasteiger partial charge in [-0.3, -0.25) is 4.90 Å². The molecule has 0 spiro atoms. The van der Waals surface area contributed by atoms with Gasteiger partial charge in [0.05, 0.1) is 17.1 Å². The summed E-state index contributed by atoms with van der Waals surface area (Å²) in [5, 5.41) is 10.2. The van der Waals surface area contributed by atoms with Gasteiger partial charge in [-0.25, -0.2) is 8.42 Å². The Morgan fingerprint density at radius 1 is 0.921 bits per heavy atom. The largest absolute Gasteiger partial charge is 0.417 e. The topological polar surface area (TPSA) is 60.9 Å². The molecule has 0 amide bonds. The standard InChI is InChI=1S/C29H31F3N2O3S/c1-20-7-6-8-23(17-20)21-11-13-22(14-12-21)28-25-18-33(15-4-5-16-34(25)26(28)19-35)38(36,37)27-10-3-2-9-24(27)29(30,31)32/h2-3,6-14,17,25-26,28,35H,4-5,15-16,18-19H2,1H3/t25?,26-,28?/m1/s1. The quantitative estimate of drug-likeness (QED) is 0.474. The van der Waals surface area contributed by atoms with Crippen molar-refractivity contribution in [2.45, 2.75) is 48.8 Å². The molecule has 2 saturated heterocycles. The molecule has 0 aromatic heterocycles. The number of nitrogens with zero attached hydrogens (tertiary/aromatic N) is 2. The molecule has 38 heavy (non-hydrogen) atoms. The SMILES string of the molecule is Cc1cccc(-c2ccc(C3C4CN(S(=O)(=O)c5ccccc5C(F)(F)F)CCCCN4[C@@H]3CO)cc2)c1. The van der Waals surface area contributed by atoms with Crippen LogP contribution in [0, 0.1) is 6.92 Å². The summed E-state index contributed by atoms with van der Waals surface area (Å²) in [4.78, 5) is 1.40. The number of sulfonamides is 1. The van der Waals surface area contributed by atoms with Gasteiger partial charge in [0.2, 0.25) is 10.0 Å². The molecule has 3 aromatic carbocycles. The summed E-state index contributed by atoms with van der Waals surface area (Å²) in [6.07, 6.45) is -3.55. The van der Waals surface area contributed by atoms with Crippen LogP contribution < -0.4 is 0 Å². The molecule has 2 unspecified atom stereocenters. The summed E-state index contributed by atoms with van der Waals surface area (Å²) in [5.74, 6) is -0.139. The van der Waals surface area contributed by atoms with Gasteiger partial charge in [-0.1, -0.05) is 66.2 Å². The van der Waals surface area contributed by atoms with Crippen LogP contribution in [0.5, 0.6) is 0 Å². The molecule has 1 N–H and O–H groups in total. The van der Waals surface area contributed by atoms with Crippen LogP contribution in [0.3, 0.4) is 0 Å². The fourth-order valence-electron chi connectivity index (χ4n) is 5.91. The summed E-state index contributed by atoms with van der Waals surface area (Å²) < 4.78 is 69.4. The number of hydrogen-bond acceptors (Lipinski definition) is 4. The summed E-state index contributed by atoms with van der Waals surface area (Å²) >= 11 is 0. The van der Waals surface area contributed by atoms with Crippen LogP contribution in [-0.2, 0) is 16.2 Å². The third kappa shape index (κ3) is 5.00. The van der Waals surface area contributed by atoms with Crippen LogP contribution >= 0.6 is 0 Å². The summed E-state index contributed by atoms with van der Waals surface area (Å²) in [7, 11) is -4.39. The predicted molar refractivity (Wildman–Crippen MR) is 140 cm³/mol. The van der Waals surface area contributed by atoms with Crippen molar-refractivity contribution in [1.82, 2.24) is 9.21 Å². The van der Waals surface area contributed by atoms with Gasteiger partial charge in [0, 0.05) is 31.1 Å². The van der Waals surface area contributed by atoms with Crippen LogP contribution in [-0.4, -0.2) is 61.1 Å². The Morgan fingerprint density at radius 2 is 1.63 bits per heavy atom. The number of aryl methyl sites for hydroxylation is 1. The van der Waals surface area contributed by atoms with Crippen LogP contribution in [0.4, 0.5) is 13.2 Å². The fourth-order valence-corrected chi connectivity index (χ4v) is 7.62. The summed E-state index contributed by atoms with van der Waals surface area (Å²) in [5.41, 5.74) is 3.14. The van der Waals surface area contributed by atoms with E-state index in [4.69, 9.17) is 0 Å². The van der Waals surface area contributed by atoms with E-state index >= 15 is 0 Å². The molecular formula is C29H31F3N2O3S. The van der Waals surface area contributed by atoms with Gasteiger partial charge in [0.1, 0.15) is 0 Å². The average molecular weight is 545 g/mol. The minimum atomic E-state index is -4.78. The Balaban J connectivity index is 1.45. The Morgan fingerprint density at radius 3 is 2.32 bits per heavy atom. The monoisotopic (exact) mass is 544 g/mol. The number of aliphatic hydroxyl groups excluding tert-OH is 1. The van der Waals surface area contributed by atoms with E-state index in [9.17, 15) is 26.7 Å². The normalized spacial score (nSPS) is 23.2. The highest BCUT2D eigenvalue weighted by molar-refractivity contribution is 7.89. The molecule has 5 rings (SSSR count). The minimum Gasteiger partial charge on any atom is -0.395 e. The molecule has 0 saturated carbocycles. The van der Waals surface area contributed by atoms with E-state index in [1.54, 1.807) is 0 Å². The predicted octanol–water partition coefficient (Wildman–Crippen LogP) is 5.29. The number of alkyl halides is 3. The first-order valence-corrected chi connectivity index (χ1v) is 14.3. The van der Waals surface area contributed by atoms with Crippen molar-refractivity contribution in [3.05, 3.63) is 89.5 Å². The molecule has 3 atom stereocenters. The van der Waals surface area contributed by atoms with E-state index in [0.717, 1.165) is 34.4 Å². The first-order valence-electron chi connectivity index (χ1n) is 12.8. The van der Waals surface area contributed by atoms with Gasteiger partial charge in [0.15, 0.2) is 0 Å². The van der Waals surface area contributed by atoms with Gasteiger partial charge >= 0.3 is 6.18 Å². The number of hydrogen-bond donors (Lipinski definition) is 1. The maximum Gasteiger partial charge on any atom is 0.417 e. The van der Waals surface area contributed by atoms with E-state index in [1.807, 2.05) is 49.4 Å². The van der Waals surface area contributed by atoms with Crippen molar-refractivity contribution in [2.75, 3.05) is 26.2 Å². The minimum absolute atomic E-state index is 0.0648. The Labute approximate surface area is 221 Å². The van der Waals surface area contributed by atoms with Crippen LogP contribution in [0.1, 0.15) is 35.4 Å².